The molecular weight excluding hydrogens is 351 g/mol. The van der Waals surface area contributed by atoms with Gasteiger partial charge in [0.15, 0.2) is 11.4 Å². The molecule has 26 heavy (non-hydrogen) atoms. The van der Waals surface area contributed by atoms with Crippen molar-refractivity contribution in [2.75, 3.05) is 0 Å². The molecule has 0 saturated heterocycles. The first-order chi connectivity index (χ1) is 12.1. The lowest BCUT2D eigenvalue weighted by Crippen LogP contribution is -2.39. The Morgan fingerprint density at radius 1 is 1.15 bits per heavy atom. The topological polar surface area (TPSA) is 85.1 Å². The Bertz CT molecular complexity index is 1150. The van der Waals surface area contributed by atoms with Gasteiger partial charge in [-0.05, 0) is 30.7 Å². The number of hydrogen-bond donors (Lipinski definition) is 1. The van der Waals surface area contributed by atoms with Crippen LogP contribution in [-0.2, 0) is 5.60 Å². The molecule has 132 valence electrons. The van der Waals surface area contributed by atoms with Crippen molar-refractivity contribution < 1.29 is 23.1 Å². The number of pyridine rings is 1. The Morgan fingerprint density at radius 2 is 1.88 bits per heavy atom. The summed E-state index contributed by atoms with van der Waals surface area (Å²) in [5.74, 6) is -0.872. The van der Waals surface area contributed by atoms with Crippen molar-refractivity contribution in [3.63, 3.8) is 0 Å². The van der Waals surface area contributed by atoms with Crippen molar-refractivity contribution in [1.82, 2.24) is 14.5 Å². The minimum atomic E-state index is -4.93. The fraction of sp³-hybridized carbons (Fsp3) is 0.176. The van der Waals surface area contributed by atoms with Gasteiger partial charge in [0, 0.05) is 12.4 Å². The molecule has 0 radical (unpaired) electrons. The van der Waals surface area contributed by atoms with E-state index in [0.717, 1.165) is 16.7 Å². The van der Waals surface area contributed by atoms with Crippen molar-refractivity contribution >= 4 is 16.7 Å². The van der Waals surface area contributed by atoms with Crippen LogP contribution in [-0.4, -0.2) is 31.6 Å². The number of benzene rings is 1. The van der Waals surface area contributed by atoms with Crippen molar-refractivity contribution in [2.24, 2.45) is 0 Å². The van der Waals surface area contributed by atoms with Gasteiger partial charge in [-0.15, -0.1) is 0 Å². The number of rotatable bonds is 1. The SMILES string of the molecule is CC(O)(c1ccc2c(c1)C(=O)c1nc3ccncc3c(=O)n1-2)C(F)(F)F. The third kappa shape index (κ3) is 2.03. The number of hydrogen-bond acceptors (Lipinski definition) is 5. The van der Waals surface area contributed by atoms with Crippen LogP contribution in [0.25, 0.3) is 16.6 Å². The Kier molecular flexibility index (Phi) is 3.14. The Labute approximate surface area is 143 Å². The predicted octanol–water partition coefficient (Wildman–Crippen LogP) is 2.09. The average molecular weight is 361 g/mol. The zero-order chi connectivity index (χ0) is 18.9. The van der Waals surface area contributed by atoms with E-state index in [-0.39, 0.29) is 28.0 Å². The van der Waals surface area contributed by atoms with E-state index in [1.165, 1.54) is 24.5 Å². The summed E-state index contributed by atoms with van der Waals surface area (Å²) >= 11 is 0. The highest BCUT2D eigenvalue weighted by atomic mass is 19.4. The molecule has 1 aromatic carbocycles. The van der Waals surface area contributed by atoms with Crippen LogP contribution in [0.15, 0.2) is 41.5 Å². The zero-order valence-electron chi connectivity index (χ0n) is 13.2. The third-order valence-corrected chi connectivity index (χ3v) is 4.47. The minimum Gasteiger partial charge on any atom is -0.376 e. The fourth-order valence-electron chi connectivity index (χ4n) is 2.91. The van der Waals surface area contributed by atoms with Crippen LogP contribution in [0.2, 0.25) is 0 Å². The van der Waals surface area contributed by atoms with Gasteiger partial charge in [0.25, 0.3) is 5.56 Å². The number of fused-ring (bicyclic) bond motifs is 4. The molecule has 1 aliphatic rings. The Balaban J connectivity index is 1.98. The first-order valence-corrected chi connectivity index (χ1v) is 7.48. The summed E-state index contributed by atoms with van der Waals surface area (Å²) in [6, 6.07) is 4.65. The first-order valence-electron chi connectivity index (χ1n) is 7.48. The number of halogens is 3. The molecule has 2 aromatic heterocycles. The molecule has 0 aliphatic carbocycles. The van der Waals surface area contributed by atoms with Gasteiger partial charge in [0.05, 0.1) is 22.2 Å². The molecule has 1 atom stereocenters. The molecule has 0 bridgehead atoms. The number of ketones is 1. The summed E-state index contributed by atoms with van der Waals surface area (Å²) in [5, 5.41) is 10.0. The molecule has 1 unspecified atom stereocenters. The second kappa shape index (κ2) is 4.98. The molecule has 0 fully saturated rings. The predicted molar refractivity (Wildman–Crippen MR) is 84.2 cm³/mol. The van der Waals surface area contributed by atoms with E-state index in [1.54, 1.807) is 0 Å². The van der Waals surface area contributed by atoms with E-state index in [2.05, 4.69) is 9.97 Å². The second-order valence-electron chi connectivity index (χ2n) is 6.10. The van der Waals surface area contributed by atoms with E-state index in [9.17, 15) is 27.9 Å². The van der Waals surface area contributed by atoms with Crippen molar-refractivity contribution in [1.29, 1.82) is 0 Å². The number of alkyl halides is 3. The summed E-state index contributed by atoms with van der Waals surface area (Å²) in [6.07, 6.45) is -2.20. The summed E-state index contributed by atoms with van der Waals surface area (Å²) in [5.41, 5.74) is -3.91. The highest BCUT2D eigenvalue weighted by molar-refractivity contribution is 6.13. The normalized spacial score (nSPS) is 15.7. The molecule has 6 nitrogen and oxygen atoms in total. The van der Waals surface area contributed by atoms with Crippen LogP contribution < -0.4 is 5.56 Å². The standard InChI is InChI=1S/C17H10F3N3O3/c1-16(26,17(18,19)20)8-2-3-12-9(6-8)13(24)14-22-11-4-5-21-7-10(11)15(25)23(12)14/h2-7,26H,1H3. The minimum absolute atomic E-state index is 0.120. The van der Waals surface area contributed by atoms with Gasteiger partial charge in [-0.25, -0.2) is 4.98 Å². The Hall–Kier alpha value is -3.07. The lowest BCUT2D eigenvalue weighted by Gasteiger charge is -2.27. The molecule has 0 spiro atoms. The van der Waals surface area contributed by atoms with Gasteiger partial charge in [-0.3, -0.25) is 19.1 Å². The number of aliphatic hydroxyl groups is 1. The number of carbonyl (C=O) groups is 1. The van der Waals surface area contributed by atoms with Crippen molar-refractivity contribution in [3.05, 3.63) is 64.0 Å². The molecule has 3 heterocycles. The highest BCUT2D eigenvalue weighted by Crippen LogP contribution is 2.40. The van der Waals surface area contributed by atoms with Crippen LogP contribution in [0.4, 0.5) is 13.2 Å². The van der Waals surface area contributed by atoms with E-state index >= 15 is 0 Å². The monoisotopic (exact) mass is 361 g/mol. The van der Waals surface area contributed by atoms with Crippen molar-refractivity contribution in [3.8, 4) is 5.69 Å². The number of carbonyl (C=O) groups excluding carboxylic acids is 1. The zero-order valence-corrected chi connectivity index (χ0v) is 13.2. The molecule has 4 rings (SSSR count). The van der Waals surface area contributed by atoms with Crippen LogP contribution in [0.3, 0.4) is 0 Å². The van der Waals surface area contributed by atoms with Crippen LogP contribution in [0.5, 0.6) is 0 Å². The van der Waals surface area contributed by atoms with E-state index in [0.29, 0.717) is 6.92 Å². The molecule has 0 saturated carbocycles. The van der Waals surface area contributed by atoms with Gasteiger partial charge < -0.3 is 5.11 Å². The van der Waals surface area contributed by atoms with Crippen LogP contribution >= 0.6 is 0 Å². The maximum atomic E-state index is 13.1. The fourth-order valence-corrected chi connectivity index (χ4v) is 2.91. The lowest BCUT2D eigenvalue weighted by atomic mass is 9.93. The average Bonchev–Trinajstić information content (AvgIpc) is 2.87. The Morgan fingerprint density at radius 3 is 2.58 bits per heavy atom. The van der Waals surface area contributed by atoms with Gasteiger partial charge in [-0.2, -0.15) is 13.2 Å². The second-order valence-corrected chi connectivity index (χ2v) is 6.10. The van der Waals surface area contributed by atoms with Gasteiger partial charge in [-0.1, -0.05) is 6.07 Å². The summed E-state index contributed by atoms with van der Waals surface area (Å²) in [6.45, 7) is 0.603. The summed E-state index contributed by atoms with van der Waals surface area (Å²) in [4.78, 5) is 33.3. The van der Waals surface area contributed by atoms with E-state index < -0.39 is 28.7 Å². The van der Waals surface area contributed by atoms with Crippen molar-refractivity contribution in [2.45, 2.75) is 18.7 Å². The highest BCUT2D eigenvalue weighted by Gasteiger charge is 2.51. The van der Waals surface area contributed by atoms with Gasteiger partial charge in [0.2, 0.25) is 5.78 Å². The van der Waals surface area contributed by atoms with E-state index in [1.807, 2.05) is 0 Å². The third-order valence-electron chi connectivity index (χ3n) is 4.47. The largest absolute Gasteiger partial charge is 0.421 e. The van der Waals surface area contributed by atoms with E-state index in [4.69, 9.17) is 0 Å². The molecule has 0 amide bonds. The summed E-state index contributed by atoms with van der Waals surface area (Å²) in [7, 11) is 0. The smallest absolute Gasteiger partial charge is 0.376 e. The maximum Gasteiger partial charge on any atom is 0.421 e. The first kappa shape index (κ1) is 16.4. The van der Waals surface area contributed by atoms with Gasteiger partial charge >= 0.3 is 6.18 Å². The molecule has 1 aliphatic heterocycles. The summed E-state index contributed by atoms with van der Waals surface area (Å²) < 4.78 is 40.3. The van der Waals surface area contributed by atoms with Crippen LogP contribution in [0.1, 0.15) is 28.7 Å². The number of aromatic nitrogens is 3. The molecule has 9 heteroatoms. The van der Waals surface area contributed by atoms with Crippen LogP contribution in [0, 0.1) is 0 Å². The molecular formula is C17H10F3N3O3. The molecule has 1 N–H and O–H groups in total. The van der Waals surface area contributed by atoms with Gasteiger partial charge in [0.1, 0.15) is 0 Å². The maximum absolute atomic E-state index is 13.1. The number of nitrogens with zero attached hydrogens (tertiary/aromatic N) is 3. The lowest BCUT2D eigenvalue weighted by molar-refractivity contribution is -0.258. The molecule has 3 aromatic rings. The quantitative estimate of drug-likeness (QED) is 0.561.